The van der Waals surface area contributed by atoms with Gasteiger partial charge in [0.05, 0.1) is 0 Å². The maximum absolute atomic E-state index is 12.3. The Labute approximate surface area is 129 Å². The first kappa shape index (κ1) is 16.4. The molecule has 0 aromatic carbocycles. The van der Waals surface area contributed by atoms with Crippen LogP contribution in [0.4, 0.5) is 4.79 Å². The molecule has 0 spiro atoms. The maximum Gasteiger partial charge on any atom is 0.325 e. The molecular formula is C14H22N4O4. The van der Waals surface area contributed by atoms with E-state index in [0.29, 0.717) is 12.4 Å². The van der Waals surface area contributed by atoms with Crippen molar-refractivity contribution in [2.75, 3.05) is 6.61 Å². The molecule has 1 aromatic heterocycles. The number of nitrogens with one attached hydrogen (secondary N) is 1. The zero-order valence-corrected chi connectivity index (χ0v) is 13.5. The molecule has 2 rings (SSSR count). The number of ether oxygens (including phenoxy) is 1. The lowest BCUT2D eigenvalue weighted by Crippen LogP contribution is -2.41. The van der Waals surface area contributed by atoms with Gasteiger partial charge in [-0.05, 0) is 19.3 Å². The SMILES string of the molecule is CCO[C@H](C)c1noc(CN2C(=O)N[C@H](C(C)(C)C)C2=O)n1. The summed E-state index contributed by atoms with van der Waals surface area (Å²) in [6.45, 7) is 9.86. The maximum atomic E-state index is 12.3. The molecule has 0 aliphatic carbocycles. The number of imide groups is 1. The number of rotatable bonds is 5. The van der Waals surface area contributed by atoms with Crippen LogP contribution in [-0.2, 0) is 16.1 Å². The van der Waals surface area contributed by atoms with Gasteiger partial charge in [-0.3, -0.25) is 9.69 Å². The summed E-state index contributed by atoms with van der Waals surface area (Å²) < 4.78 is 10.5. The van der Waals surface area contributed by atoms with Crippen LogP contribution in [0, 0.1) is 5.41 Å². The standard InChI is InChI=1S/C14H22N4O4/c1-6-21-8(2)11-15-9(22-17-11)7-18-12(19)10(14(3,4)5)16-13(18)20/h8,10H,6-7H2,1-5H3,(H,16,20)/t8-,10+/m1/s1. The largest absolute Gasteiger partial charge is 0.371 e. The van der Waals surface area contributed by atoms with Gasteiger partial charge in [-0.1, -0.05) is 25.9 Å². The first-order chi connectivity index (χ1) is 10.2. The van der Waals surface area contributed by atoms with Crippen LogP contribution in [0.25, 0.3) is 0 Å². The number of carbonyl (C=O) groups excluding carboxylic acids is 2. The van der Waals surface area contributed by atoms with Gasteiger partial charge in [-0.2, -0.15) is 4.98 Å². The minimum atomic E-state index is -0.551. The van der Waals surface area contributed by atoms with Crippen LogP contribution in [-0.4, -0.2) is 39.6 Å². The van der Waals surface area contributed by atoms with Crippen molar-refractivity contribution < 1.29 is 18.8 Å². The summed E-state index contributed by atoms with van der Waals surface area (Å²) in [5.41, 5.74) is -0.356. The third-order valence-electron chi connectivity index (χ3n) is 3.45. The topological polar surface area (TPSA) is 97.6 Å². The predicted molar refractivity (Wildman–Crippen MR) is 76.7 cm³/mol. The highest BCUT2D eigenvalue weighted by molar-refractivity contribution is 6.04. The lowest BCUT2D eigenvalue weighted by atomic mass is 9.87. The summed E-state index contributed by atoms with van der Waals surface area (Å²) in [5.74, 6) is 0.325. The first-order valence-corrected chi connectivity index (χ1v) is 7.30. The van der Waals surface area contributed by atoms with E-state index in [1.165, 1.54) is 0 Å². The molecule has 0 radical (unpaired) electrons. The van der Waals surface area contributed by atoms with Gasteiger partial charge in [0.1, 0.15) is 18.7 Å². The highest BCUT2D eigenvalue weighted by Crippen LogP contribution is 2.26. The molecule has 2 atom stereocenters. The van der Waals surface area contributed by atoms with E-state index in [2.05, 4.69) is 15.5 Å². The summed E-state index contributed by atoms with van der Waals surface area (Å²) in [6, 6.07) is -0.993. The molecule has 22 heavy (non-hydrogen) atoms. The molecule has 0 bridgehead atoms. The number of urea groups is 1. The Morgan fingerprint density at radius 1 is 1.41 bits per heavy atom. The number of aromatic nitrogens is 2. The van der Waals surface area contributed by atoms with Crippen molar-refractivity contribution in [3.05, 3.63) is 11.7 Å². The van der Waals surface area contributed by atoms with Gasteiger partial charge in [0.2, 0.25) is 5.89 Å². The summed E-state index contributed by atoms with van der Waals surface area (Å²) >= 11 is 0. The van der Waals surface area contributed by atoms with Crippen LogP contribution in [0.2, 0.25) is 0 Å². The average molecular weight is 310 g/mol. The Morgan fingerprint density at radius 3 is 2.64 bits per heavy atom. The van der Waals surface area contributed by atoms with E-state index in [1.807, 2.05) is 34.6 Å². The molecule has 0 saturated carbocycles. The third kappa shape index (κ3) is 3.27. The number of carbonyl (C=O) groups is 2. The van der Waals surface area contributed by atoms with Crippen molar-refractivity contribution in [2.24, 2.45) is 5.41 Å². The number of hydrogen-bond acceptors (Lipinski definition) is 6. The molecule has 8 nitrogen and oxygen atoms in total. The Balaban J connectivity index is 2.08. The summed E-state index contributed by atoms with van der Waals surface area (Å²) in [5, 5.41) is 6.50. The smallest absolute Gasteiger partial charge is 0.325 e. The second-order valence-corrected chi connectivity index (χ2v) is 6.32. The van der Waals surface area contributed by atoms with Crippen molar-refractivity contribution in [3.63, 3.8) is 0 Å². The molecule has 1 aromatic rings. The third-order valence-corrected chi connectivity index (χ3v) is 3.45. The van der Waals surface area contributed by atoms with Gasteiger partial charge >= 0.3 is 6.03 Å². The number of hydrogen-bond donors (Lipinski definition) is 1. The van der Waals surface area contributed by atoms with E-state index in [9.17, 15) is 9.59 Å². The molecule has 1 fully saturated rings. The van der Waals surface area contributed by atoms with E-state index >= 15 is 0 Å². The minimum absolute atomic E-state index is 0.0386. The van der Waals surface area contributed by atoms with E-state index in [0.717, 1.165) is 4.90 Å². The monoisotopic (exact) mass is 310 g/mol. The fourth-order valence-corrected chi connectivity index (χ4v) is 2.21. The summed E-state index contributed by atoms with van der Waals surface area (Å²) in [4.78, 5) is 29.6. The van der Waals surface area contributed by atoms with Crippen molar-refractivity contribution in [3.8, 4) is 0 Å². The number of nitrogens with zero attached hydrogens (tertiary/aromatic N) is 3. The van der Waals surface area contributed by atoms with Crippen LogP contribution in [0.5, 0.6) is 0 Å². The van der Waals surface area contributed by atoms with E-state index < -0.39 is 12.1 Å². The van der Waals surface area contributed by atoms with Gasteiger partial charge in [-0.15, -0.1) is 0 Å². The van der Waals surface area contributed by atoms with Crippen LogP contribution < -0.4 is 5.32 Å². The van der Waals surface area contributed by atoms with Crippen LogP contribution in [0.3, 0.4) is 0 Å². The number of amides is 3. The van der Waals surface area contributed by atoms with Gasteiger partial charge in [0, 0.05) is 6.61 Å². The van der Waals surface area contributed by atoms with E-state index in [4.69, 9.17) is 9.26 Å². The molecule has 122 valence electrons. The van der Waals surface area contributed by atoms with Gasteiger partial charge < -0.3 is 14.6 Å². The van der Waals surface area contributed by atoms with Gasteiger partial charge in [-0.25, -0.2) is 4.79 Å². The average Bonchev–Trinajstić information content (AvgIpc) is 2.98. The molecule has 0 unspecified atom stereocenters. The van der Waals surface area contributed by atoms with E-state index in [1.54, 1.807) is 0 Å². The Bertz CT molecular complexity index is 563. The summed E-state index contributed by atoms with van der Waals surface area (Å²) in [6.07, 6.45) is -0.298. The zero-order valence-electron chi connectivity index (χ0n) is 13.5. The van der Waals surface area contributed by atoms with Crippen LogP contribution in [0.15, 0.2) is 4.52 Å². The lowest BCUT2D eigenvalue weighted by molar-refractivity contribution is -0.130. The van der Waals surface area contributed by atoms with Crippen LogP contribution >= 0.6 is 0 Å². The predicted octanol–water partition coefficient (Wildman–Crippen LogP) is 1.63. The fraction of sp³-hybridized carbons (Fsp3) is 0.714. The highest BCUT2D eigenvalue weighted by Gasteiger charge is 2.44. The zero-order chi connectivity index (χ0) is 16.5. The van der Waals surface area contributed by atoms with Crippen LogP contribution in [0.1, 0.15) is 52.4 Å². The highest BCUT2D eigenvalue weighted by atomic mass is 16.5. The first-order valence-electron chi connectivity index (χ1n) is 7.30. The Kier molecular flexibility index (Phi) is 4.50. The molecular weight excluding hydrogens is 288 g/mol. The van der Waals surface area contributed by atoms with E-state index in [-0.39, 0.29) is 29.9 Å². The Hall–Kier alpha value is -1.96. The summed E-state index contributed by atoms with van der Waals surface area (Å²) in [7, 11) is 0. The minimum Gasteiger partial charge on any atom is -0.371 e. The quantitative estimate of drug-likeness (QED) is 0.830. The molecule has 3 amide bonds. The second kappa shape index (κ2) is 6.04. The van der Waals surface area contributed by atoms with Gasteiger partial charge in [0.25, 0.3) is 5.91 Å². The lowest BCUT2D eigenvalue weighted by Gasteiger charge is -2.24. The molecule has 2 heterocycles. The molecule has 8 heteroatoms. The van der Waals surface area contributed by atoms with Crippen molar-refractivity contribution >= 4 is 11.9 Å². The molecule has 1 aliphatic rings. The molecule has 1 saturated heterocycles. The molecule has 1 N–H and O–H groups in total. The normalized spacial score (nSPS) is 20.4. The van der Waals surface area contributed by atoms with Crippen molar-refractivity contribution in [1.29, 1.82) is 0 Å². The second-order valence-electron chi connectivity index (χ2n) is 6.32. The molecule has 1 aliphatic heterocycles. The van der Waals surface area contributed by atoms with Gasteiger partial charge in [0.15, 0.2) is 5.82 Å². The van der Waals surface area contributed by atoms with Crippen molar-refractivity contribution in [2.45, 2.75) is 53.3 Å². The fourth-order valence-electron chi connectivity index (χ4n) is 2.21. The Morgan fingerprint density at radius 2 is 2.09 bits per heavy atom. The van der Waals surface area contributed by atoms with Crippen molar-refractivity contribution in [1.82, 2.24) is 20.4 Å².